The molecule has 6 nitrogen and oxygen atoms in total. The Balaban J connectivity index is 1.15. The van der Waals surface area contributed by atoms with Crippen LogP contribution < -0.4 is 9.84 Å². The maximum Gasteiger partial charge on any atom is 0.257 e. The molecule has 0 bridgehead atoms. The number of anilines is 2. The molecule has 5 aromatic rings. The molecule has 52 heavy (non-hydrogen) atoms. The first-order chi connectivity index (χ1) is 25.1. The first kappa shape index (κ1) is 36.0. The van der Waals surface area contributed by atoms with Crippen molar-refractivity contribution < 1.29 is 17.2 Å². The van der Waals surface area contributed by atoms with Crippen LogP contribution in [0.1, 0.15) is 72.3 Å². The van der Waals surface area contributed by atoms with Crippen molar-refractivity contribution in [1.82, 2.24) is 14.6 Å². The minimum Gasteiger partial charge on any atom is -0.298 e. The molecule has 2 aliphatic heterocycles. The summed E-state index contributed by atoms with van der Waals surface area (Å²) in [6, 6.07) is 36.9. The maximum absolute atomic E-state index is 16.3. The summed E-state index contributed by atoms with van der Waals surface area (Å²) in [6.07, 6.45) is 1.77. The van der Waals surface area contributed by atoms with E-state index in [2.05, 4.69) is 38.9 Å². The highest BCUT2D eigenvalue weighted by molar-refractivity contribution is 7.89. The average Bonchev–Trinajstić information content (AvgIpc) is 3.82. The van der Waals surface area contributed by atoms with Crippen molar-refractivity contribution in [3.63, 3.8) is 0 Å². The molecule has 2 heterocycles. The molecule has 1 N–H and O–H groups in total. The number of hydrazine groups is 1. The van der Waals surface area contributed by atoms with Gasteiger partial charge in [0.1, 0.15) is 11.6 Å². The van der Waals surface area contributed by atoms with Gasteiger partial charge in [0, 0.05) is 26.2 Å². The number of rotatable bonds is 12. The lowest BCUT2D eigenvalue weighted by Gasteiger charge is -2.27. The van der Waals surface area contributed by atoms with Gasteiger partial charge < -0.3 is 0 Å². The summed E-state index contributed by atoms with van der Waals surface area (Å²) >= 11 is 0. The second kappa shape index (κ2) is 15.7. The van der Waals surface area contributed by atoms with Gasteiger partial charge in [0.25, 0.3) is 10.0 Å². The van der Waals surface area contributed by atoms with E-state index in [1.54, 1.807) is 24.3 Å². The van der Waals surface area contributed by atoms with Crippen molar-refractivity contribution in [1.29, 1.82) is 0 Å². The van der Waals surface area contributed by atoms with Gasteiger partial charge in [-0.15, -0.1) is 4.83 Å². The van der Waals surface area contributed by atoms with Crippen LogP contribution in [0.5, 0.6) is 0 Å². The summed E-state index contributed by atoms with van der Waals surface area (Å²) in [7, 11) is -4.23. The lowest BCUT2D eigenvalue weighted by atomic mass is 9.97. The van der Waals surface area contributed by atoms with E-state index in [9.17, 15) is 8.42 Å². The topological polar surface area (TPSA) is 55.9 Å². The first-order valence-corrected chi connectivity index (χ1v) is 19.7. The summed E-state index contributed by atoms with van der Waals surface area (Å²) in [5, 5.41) is 1.04. The van der Waals surface area contributed by atoms with Gasteiger partial charge >= 0.3 is 0 Å². The van der Waals surface area contributed by atoms with E-state index < -0.39 is 21.7 Å². The Labute approximate surface area is 306 Å². The fourth-order valence-electron chi connectivity index (χ4n) is 7.53. The smallest absolute Gasteiger partial charge is 0.257 e. The molecule has 7 rings (SSSR count). The molecule has 0 amide bonds. The molecule has 0 radical (unpaired) electrons. The van der Waals surface area contributed by atoms with Gasteiger partial charge in [-0.1, -0.05) is 98.8 Å². The van der Waals surface area contributed by atoms with Gasteiger partial charge in [-0.05, 0) is 108 Å². The van der Waals surface area contributed by atoms with E-state index in [1.165, 1.54) is 35.4 Å². The van der Waals surface area contributed by atoms with Crippen molar-refractivity contribution >= 4 is 21.4 Å². The molecule has 0 aliphatic carbocycles. The molecule has 270 valence electrons. The minimum absolute atomic E-state index is 0.00452. The summed E-state index contributed by atoms with van der Waals surface area (Å²) < 4.78 is 60.1. The predicted molar refractivity (Wildman–Crippen MR) is 204 cm³/mol. The number of sulfonamides is 1. The highest BCUT2D eigenvalue weighted by atomic mass is 32.2. The monoisotopic (exact) mass is 720 g/mol. The lowest BCUT2D eigenvalue weighted by Crippen LogP contribution is -2.40. The van der Waals surface area contributed by atoms with E-state index in [1.807, 2.05) is 62.4 Å². The van der Waals surface area contributed by atoms with E-state index in [0.29, 0.717) is 0 Å². The van der Waals surface area contributed by atoms with Crippen molar-refractivity contribution in [2.75, 3.05) is 31.2 Å². The third-order valence-corrected chi connectivity index (χ3v) is 11.8. The van der Waals surface area contributed by atoms with Gasteiger partial charge in [0.05, 0.1) is 16.3 Å². The Kier molecular flexibility index (Phi) is 10.8. The van der Waals surface area contributed by atoms with Crippen molar-refractivity contribution in [3.8, 4) is 0 Å². The maximum atomic E-state index is 16.3. The Bertz CT molecular complexity index is 1970. The number of likely N-dealkylation sites (tertiary alicyclic amines) is 2. The number of nitrogens with zero attached hydrogens (tertiary/aromatic N) is 3. The Morgan fingerprint density at radius 2 is 1.13 bits per heavy atom. The van der Waals surface area contributed by atoms with Crippen molar-refractivity contribution in [2.24, 2.45) is 0 Å². The lowest BCUT2D eigenvalue weighted by molar-refractivity contribution is 0.327. The molecule has 2 aliphatic rings. The number of hydrogen-bond donors (Lipinski definition) is 1. The van der Waals surface area contributed by atoms with Gasteiger partial charge in [-0.3, -0.25) is 14.8 Å². The largest absolute Gasteiger partial charge is 0.298 e. The summed E-state index contributed by atoms with van der Waals surface area (Å²) in [6.45, 7) is 9.08. The number of hydrogen-bond acceptors (Lipinski definition) is 5. The van der Waals surface area contributed by atoms with E-state index in [0.717, 1.165) is 73.8 Å². The van der Waals surface area contributed by atoms with Gasteiger partial charge in [-0.2, -0.15) is 0 Å². The minimum atomic E-state index is -4.23. The van der Waals surface area contributed by atoms with E-state index in [4.69, 9.17) is 0 Å². The van der Waals surface area contributed by atoms with Crippen molar-refractivity contribution in [3.05, 3.63) is 161 Å². The third kappa shape index (κ3) is 8.29. The standard InChI is InChI=1S/C43H46F2N4O2S/c1-31(2)34-13-17-39(18-14-34)52(50,51)46-49(42-19-15-35(25-40(42)44)37-21-23-47(29-37)27-32-9-5-3-6-10-32)43-20-16-36(26-41(43)45)38-22-24-48(30-38)28-33-11-7-4-8-12-33/h3-20,25-26,31,37-38,46H,21-24,27-30H2,1-2H3. The molecule has 2 atom stereocenters. The fraction of sp³-hybridized carbons (Fsp3) is 0.302. The highest BCUT2D eigenvalue weighted by Crippen LogP contribution is 2.36. The van der Waals surface area contributed by atoms with Crippen molar-refractivity contribution in [2.45, 2.75) is 62.4 Å². The highest BCUT2D eigenvalue weighted by Gasteiger charge is 2.30. The fourth-order valence-corrected chi connectivity index (χ4v) is 8.57. The van der Waals surface area contributed by atoms with Gasteiger partial charge in [-0.25, -0.2) is 17.2 Å². The molecular formula is C43H46F2N4O2S. The summed E-state index contributed by atoms with van der Waals surface area (Å²) in [4.78, 5) is 7.25. The van der Waals surface area contributed by atoms with Crippen LogP contribution in [0, 0.1) is 11.6 Å². The zero-order valence-electron chi connectivity index (χ0n) is 29.8. The second-order valence-corrected chi connectivity index (χ2v) is 16.1. The third-order valence-electron chi connectivity index (χ3n) is 10.5. The molecule has 0 spiro atoms. The van der Waals surface area contributed by atoms with Crippen LogP contribution in [0.4, 0.5) is 20.2 Å². The molecule has 5 aromatic carbocycles. The zero-order valence-corrected chi connectivity index (χ0v) is 30.6. The van der Waals surface area contributed by atoms with Crippen LogP contribution in [-0.2, 0) is 23.1 Å². The van der Waals surface area contributed by atoms with E-state index >= 15 is 8.78 Å². The quantitative estimate of drug-likeness (QED) is 0.130. The Morgan fingerprint density at radius 3 is 1.56 bits per heavy atom. The van der Waals surface area contributed by atoms with Crippen LogP contribution in [0.2, 0.25) is 0 Å². The summed E-state index contributed by atoms with van der Waals surface area (Å²) in [5.74, 6) is -0.793. The molecule has 2 unspecified atom stereocenters. The summed E-state index contributed by atoms with van der Waals surface area (Å²) in [5.41, 5.74) is 4.97. The molecule has 0 aromatic heterocycles. The Hall–Kier alpha value is -4.41. The molecule has 2 fully saturated rings. The van der Waals surface area contributed by atoms with Crippen LogP contribution in [0.3, 0.4) is 0 Å². The molecule has 0 saturated carbocycles. The van der Waals surface area contributed by atoms with Gasteiger partial charge in [0.15, 0.2) is 0 Å². The number of halogens is 2. The van der Waals surface area contributed by atoms with Crippen LogP contribution >= 0.6 is 0 Å². The molecular weight excluding hydrogens is 675 g/mol. The van der Waals surface area contributed by atoms with Crippen LogP contribution in [0.25, 0.3) is 0 Å². The normalized spacial score (nSPS) is 18.3. The second-order valence-electron chi connectivity index (χ2n) is 14.5. The number of nitrogens with one attached hydrogen (secondary N) is 1. The SMILES string of the molecule is CC(C)c1ccc(S(=O)(=O)NN(c2ccc(C3CCN(Cc4ccccc4)C3)cc2F)c2ccc(C3CCN(Cc4ccccc4)C3)cc2F)cc1. The average molecular weight is 721 g/mol. The number of benzene rings is 5. The first-order valence-electron chi connectivity index (χ1n) is 18.2. The van der Waals surface area contributed by atoms with E-state index in [-0.39, 0.29) is 34.0 Å². The molecule has 9 heteroatoms. The molecule has 2 saturated heterocycles. The zero-order chi connectivity index (χ0) is 36.2. The predicted octanol–water partition coefficient (Wildman–Crippen LogP) is 9.10. The van der Waals surface area contributed by atoms with Crippen LogP contribution in [-0.4, -0.2) is 44.4 Å². The van der Waals surface area contributed by atoms with Crippen LogP contribution in [0.15, 0.2) is 126 Å². The Morgan fingerprint density at radius 1 is 0.673 bits per heavy atom. The van der Waals surface area contributed by atoms with Gasteiger partial charge in [0.2, 0.25) is 0 Å².